The summed E-state index contributed by atoms with van der Waals surface area (Å²) in [4.78, 5) is 22.8. The molecule has 2 heterocycles. The van der Waals surface area contributed by atoms with Gasteiger partial charge in [0.15, 0.2) is 11.4 Å². The molecule has 0 bridgehead atoms. The van der Waals surface area contributed by atoms with E-state index in [1.165, 1.54) is 0 Å². The fourth-order valence-corrected chi connectivity index (χ4v) is 6.04. The van der Waals surface area contributed by atoms with Crippen molar-refractivity contribution < 1.29 is 29.3 Å². The number of nitrogens with zero attached hydrogens (tertiary/aromatic N) is 3. The number of carboxylic acid groups (broad SMARTS) is 1. The topological polar surface area (TPSA) is 136 Å². The first-order chi connectivity index (χ1) is 21.9. The van der Waals surface area contributed by atoms with Crippen LogP contribution in [0.5, 0.6) is 0 Å². The Kier molecular flexibility index (Phi) is 11.4. The van der Waals surface area contributed by atoms with E-state index in [0.29, 0.717) is 38.0 Å². The average molecular weight is 631 g/mol. The number of carbonyl (C=O) groups is 2. The molecule has 0 saturated carbocycles. The summed E-state index contributed by atoms with van der Waals surface area (Å²) < 4.78 is 14.8. The Bertz CT molecular complexity index is 1560. The molecule has 4 aromatic rings. The van der Waals surface area contributed by atoms with E-state index in [9.17, 15) is 14.7 Å². The maximum absolute atomic E-state index is 12.2. The summed E-state index contributed by atoms with van der Waals surface area (Å²) in [6.45, 7) is 0.399. The molecule has 3 aromatic carbocycles. The Morgan fingerprint density at radius 2 is 1.71 bits per heavy atom. The number of thioether (sulfide) groups is 1. The van der Waals surface area contributed by atoms with Crippen LogP contribution in [0.2, 0.25) is 0 Å². The van der Waals surface area contributed by atoms with Crippen molar-refractivity contribution in [1.29, 1.82) is 0 Å². The van der Waals surface area contributed by atoms with Crippen LogP contribution in [0.1, 0.15) is 66.8 Å². The van der Waals surface area contributed by atoms with Gasteiger partial charge >= 0.3 is 5.97 Å². The first-order valence-corrected chi connectivity index (χ1v) is 16.0. The van der Waals surface area contributed by atoms with Crippen molar-refractivity contribution in [3.63, 3.8) is 0 Å². The van der Waals surface area contributed by atoms with Crippen LogP contribution in [0.4, 0.5) is 0 Å². The van der Waals surface area contributed by atoms with Crippen molar-refractivity contribution in [3.05, 3.63) is 101 Å². The predicted octanol–water partition coefficient (Wildman–Crippen LogP) is 5.57. The molecule has 0 aliphatic carbocycles. The number of nitrogens with one attached hydrogen (secondary N) is 1. The molecular formula is C34H38N4O6S. The second-order valence-electron chi connectivity index (χ2n) is 11.1. The molecule has 0 radical (unpaired) electrons. The Hall–Kier alpha value is -4.03. The SMILES string of the molecule is Cn1cnnc1SC[C@H]1C[C@@H](c2ccc(CO)cc2)O[C@@H](c2ccc(-c3cccc(CNC(=O)CCCCC(=O)O)c3)cc2)O1. The van der Waals surface area contributed by atoms with Gasteiger partial charge in [-0.25, -0.2) is 0 Å². The molecule has 0 spiro atoms. The summed E-state index contributed by atoms with van der Waals surface area (Å²) in [5.41, 5.74) is 5.84. The molecule has 236 valence electrons. The van der Waals surface area contributed by atoms with Gasteiger partial charge in [-0.2, -0.15) is 0 Å². The number of benzene rings is 3. The zero-order chi connectivity index (χ0) is 31.6. The maximum Gasteiger partial charge on any atom is 0.303 e. The number of aryl methyl sites for hydroxylation is 1. The van der Waals surface area contributed by atoms with Crippen LogP contribution in [-0.2, 0) is 39.3 Å². The van der Waals surface area contributed by atoms with E-state index < -0.39 is 12.3 Å². The normalized spacial score (nSPS) is 18.0. The number of unbranched alkanes of at least 4 members (excludes halogenated alkanes) is 1. The molecule has 10 nitrogen and oxygen atoms in total. The summed E-state index contributed by atoms with van der Waals surface area (Å²) in [6.07, 6.45) is 2.99. The largest absolute Gasteiger partial charge is 0.481 e. The standard InChI is InChI=1S/C34H38N4O6S/c1-38-22-36-37-34(38)45-21-29-18-30(26-11-9-23(20-39)10-12-26)44-33(43-29)27-15-13-25(14-16-27)28-6-4-5-24(17-28)19-35-31(40)7-2-3-8-32(41)42/h4-6,9-17,22,29-30,33,39H,2-3,7-8,18-21H2,1H3,(H,35,40)(H,41,42)/t29-,30+,33+/m1/s1. The van der Waals surface area contributed by atoms with Gasteiger partial charge in [0, 0.05) is 44.2 Å². The van der Waals surface area contributed by atoms with Gasteiger partial charge in [0.05, 0.1) is 18.8 Å². The number of carboxylic acids is 1. The Morgan fingerprint density at radius 3 is 2.42 bits per heavy atom. The van der Waals surface area contributed by atoms with E-state index in [2.05, 4.69) is 21.6 Å². The number of hydrogen-bond donors (Lipinski definition) is 3. The van der Waals surface area contributed by atoms with Gasteiger partial charge in [-0.1, -0.05) is 78.5 Å². The minimum Gasteiger partial charge on any atom is -0.481 e. The maximum atomic E-state index is 12.2. The monoisotopic (exact) mass is 630 g/mol. The second-order valence-corrected chi connectivity index (χ2v) is 12.1. The third-order valence-electron chi connectivity index (χ3n) is 7.66. The molecule has 1 aromatic heterocycles. The number of ether oxygens (including phenoxy) is 2. The molecule has 45 heavy (non-hydrogen) atoms. The smallest absolute Gasteiger partial charge is 0.303 e. The van der Waals surface area contributed by atoms with E-state index >= 15 is 0 Å². The van der Waals surface area contributed by atoms with Gasteiger partial charge in [0.25, 0.3) is 0 Å². The quantitative estimate of drug-likeness (QED) is 0.121. The molecular weight excluding hydrogens is 592 g/mol. The van der Waals surface area contributed by atoms with Crippen LogP contribution < -0.4 is 5.32 Å². The number of hydrogen-bond acceptors (Lipinski definition) is 8. The van der Waals surface area contributed by atoms with Gasteiger partial charge in [0.1, 0.15) is 6.33 Å². The number of rotatable bonds is 14. The van der Waals surface area contributed by atoms with Crippen LogP contribution in [-0.4, -0.2) is 48.7 Å². The molecule has 1 fully saturated rings. The van der Waals surface area contributed by atoms with E-state index in [-0.39, 0.29) is 31.1 Å². The van der Waals surface area contributed by atoms with Gasteiger partial charge in [-0.15, -0.1) is 10.2 Å². The second kappa shape index (κ2) is 15.8. The first-order valence-electron chi connectivity index (χ1n) is 15.0. The van der Waals surface area contributed by atoms with Crippen molar-refractivity contribution in [2.24, 2.45) is 7.05 Å². The fourth-order valence-electron chi connectivity index (χ4n) is 5.14. The highest BCUT2D eigenvalue weighted by Gasteiger charge is 2.32. The molecule has 3 N–H and O–H groups in total. The lowest BCUT2D eigenvalue weighted by Crippen LogP contribution is -2.31. The van der Waals surface area contributed by atoms with Crippen LogP contribution in [0.3, 0.4) is 0 Å². The molecule has 1 amide bonds. The highest BCUT2D eigenvalue weighted by atomic mass is 32.2. The minimum absolute atomic E-state index is 0.00538. The van der Waals surface area contributed by atoms with Crippen LogP contribution in [0.15, 0.2) is 84.3 Å². The minimum atomic E-state index is -0.841. The number of carbonyl (C=O) groups excluding carboxylic acids is 1. The van der Waals surface area contributed by atoms with E-state index in [0.717, 1.165) is 38.5 Å². The van der Waals surface area contributed by atoms with Crippen LogP contribution in [0, 0.1) is 0 Å². The Labute approximate surface area is 266 Å². The molecule has 3 atom stereocenters. The molecule has 1 saturated heterocycles. The summed E-state index contributed by atoms with van der Waals surface area (Å²) in [5, 5.41) is 30.1. The van der Waals surface area contributed by atoms with Crippen molar-refractivity contribution in [2.75, 3.05) is 5.75 Å². The van der Waals surface area contributed by atoms with Gasteiger partial charge in [-0.3, -0.25) is 9.59 Å². The number of aliphatic hydroxyl groups is 1. The van der Waals surface area contributed by atoms with E-state index in [4.69, 9.17) is 14.6 Å². The summed E-state index contributed by atoms with van der Waals surface area (Å²) in [5.74, 6) is -0.230. The van der Waals surface area contributed by atoms with Crippen LogP contribution >= 0.6 is 11.8 Å². The number of aliphatic carboxylic acids is 1. The van der Waals surface area contributed by atoms with Crippen molar-refractivity contribution in [3.8, 4) is 11.1 Å². The summed E-state index contributed by atoms with van der Waals surface area (Å²) >= 11 is 1.60. The lowest BCUT2D eigenvalue weighted by Gasteiger charge is -2.36. The van der Waals surface area contributed by atoms with Gasteiger partial charge in [-0.05, 0) is 46.7 Å². The molecule has 11 heteroatoms. The molecule has 1 aliphatic heterocycles. The predicted molar refractivity (Wildman–Crippen MR) is 170 cm³/mol. The zero-order valence-electron chi connectivity index (χ0n) is 25.2. The van der Waals surface area contributed by atoms with Gasteiger partial charge in [0.2, 0.25) is 5.91 Å². The van der Waals surface area contributed by atoms with Gasteiger partial charge < -0.3 is 29.6 Å². The Morgan fingerprint density at radius 1 is 0.956 bits per heavy atom. The van der Waals surface area contributed by atoms with E-state index in [1.807, 2.05) is 78.3 Å². The fraction of sp³-hybridized carbons (Fsp3) is 0.353. The molecule has 0 unspecified atom stereocenters. The lowest BCUT2D eigenvalue weighted by molar-refractivity contribution is -0.245. The molecule has 1 aliphatic rings. The van der Waals surface area contributed by atoms with Crippen molar-refractivity contribution in [1.82, 2.24) is 20.1 Å². The number of aromatic nitrogens is 3. The summed E-state index contributed by atoms with van der Waals surface area (Å²) in [6, 6.07) is 24.0. The molecule has 5 rings (SSSR count). The first kappa shape index (κ1) is 32.4. The van der Waals surface area contributed by atoms with Crippen molar-refractivity contribution >= 4 is 23.6 Å². The zero-order valence-corrected chi connectivity index (χ0v) is 26.0. The van der Waals surface area contributed by atoms with Crippen LogP contribution in [0.25, 0.3) is 11.1 Å². The van der Waals surface area contributed by atoms with Crippen molar-refractivity contribution in [2.45, 2.75) is 68.9 Å². The summed E-state index contributed by atoms with van der Waals surface area (Å²) in [7, 11) is 1.92. The lowest BCUT2D eigenvalue weighted by atomic mass is 9.99. The average Bonchev–Trinajstić information content (AvgIpc) is 3.49. The third-order valence-corrected chi connectivity index (χ3v) is 8.83. The Balaban J connectivity index is 1.24. The number of aliphatic hydroxyl groups excluding tert-OH is 1. The highest BCUT2D eigenvalue weighted by Crippen LogP contribution is 2.39. The van der Waals surface area contributed by atoms with E-state index in [1.54, 1.807) is 18.1 Å². The number of amides is 1. The highest BCUT2D eigenvalue weighted by molar-refractivity contribution is 7.99. The third kappa shape index (κ3) is 9.24.